The summed E-state index contributed by atoms with van der Waals surface area (Å²) in [6.45, 7) is 2.15. The zero-order valence-corrected chi connectivity index (χ0v) is 11.8. The molecule has 0 radical (unpaired) electrons. The smallest absolute Gasteiger partial charge is 0.348 e. The highest BCUT2D eigenvalue weighted by atomic mass is 32.1. The highest BCUT2D eigenvalue weighted by Crippen LogP contribution is 2.27. The van der Waals surface area contributed by atoms with Gasteiger partial charge in [0, 0.05) is 16.6 Å². The summed E-state index contributed by atoms with van der Waals surface area (Å²) in [5.41, 5.74) is 0. The molecule has 0 aliphatic heterocycles. The summed E-state index contributed by atoms with van der Waals surface area (Å²) in [5, 5.41) is 2.99. The number of ether oxygens (including phenoxy) is 1. The Bertz CT molecular complexity index is 638. The van der Waals surface area contributed by atoms with Gasteiger partial charge >= 0.3 is 5.97 Å². The molecule has 106 valence electrons. The fraction of sp³-hybridized carbons (Fsp3) is 0.286. The van der Waals surface area contributed by atoms with Gasteiger partial charge in [-0.15, -0.1) is 11.3 Å². The van der Waals surface area contributed by atoms with Gasteiger partial charge in [-0.1, -0.05) is 13.0 Å². The van der Waals surface area contributed by atoms with Crippen LogP contribution in [0.2, 0.25) is 0 Å². The monoisotopic (exact) mass is 295 g/mol. The van der Waals surface area contributed by atoms with E-state index < -0.39 is 5.97 Å². The second-order valence-corrected chi connectivity index (χ2v) is 5.27. The minimum Gasteiger partial charge on any atom is -0.451 e. The average molecular weight is 295 g/mol. The lowest BCUT2D eigenvalue weighted by atomic mass is 10.2. The highest BCUT2D eigenvalue weighted by molar-refractivity contribution is 7.20. The second-order valence-electron chi connectivity index (χ2n) is 4.19. The van der Waals surface area contributed by atoms with Crippen molar-refractivity contribution in [2.45, 2.75) is 13.3 Å². The van der Waals surface area contributed by atoms with Gasteiger partial charge in [-0.05, 0) is 24.6 Å². The Morgan fingerprint density at radius 3 is 2.90 bits per heavy atom. The minimum atomic E-state index is -0.614. The molecule has 2 aromatic rings. The molecular weight excluding hydrogens is 281 g/mol. The van der Waals surface area contributed by atoms with Gasteiger partial charge in [0.05, 0.1) is 0 Å². The van der Waals surface area contributed by atoms with Crippen molar-refractivity contribution < 1.29 is 18.7 Å². The number of rotatable bonds is 5. The number of amides is 1. The fourth-order valence-corrected chi connectivity index (χ4v) is 2.61. The number of benzene rings is 1. The molecule has 1 heterocycles. The predicted molar refractivity (Wildman–Crippen MR) is 75.4 cm³/mol. The standard InChI is InChI=1S/C14H14FNO3S/c1-2-6-16-13(17)8-19-14(18)12-7-9-10(15)4-3-5-11(9)20-12/h3-5,7H,2,6,8H2,1H3,(H,16,17). The SMILES string of the molecule is CCCNC(=O)COC(=O)c1cc2c(F)cccc2s1. The number of carbonyl (C=O) groups is 2. The molecule has 1 N–H and O–H groups in total. The van der Waals surface area contributed by atoms with Crippen molar-refractivity contribution in [2.75, 3.05) is 13.2 Å². The Balaban J connectivity index is 2.01. The minimum absolute atomic E-state index is 0.286. The number of thiophene rings is 1. The maximum Gasteiger partial charge on any atom is 0.348 e. The number of hydrogen-bond acceptors (Lipinski definition) is 4. The predicted octanol–water partition coefficient (Wildman–Crippen LogP) is 2.72. The van der Waals surface area contributed by atoms with E-state index in [0.29, 0.717) is 16.6 Å². The summed E-state index contributed by atoms with van der Waals surface area (Å²) in [6.07, 6.45) is 0.815. The summed E-state index contributed by atoms with van der Waals surface area (Å²) in [7, 11) is 0. The molecule has 0 aliphatic rings. The Kier molecular flexibility index (Phi) is 4.68. The number of hydrogen-bond donors (Lipinski definition) is 1. The third kappa shape index (κ3) is 3.33. The van der Waals surface area contributed by atoms with Crippen molar-refractivity contribution in [2.24, 2.45) is 0 Å². The zero-order valence-electron chi connectivity index (χ0n) is 10.9. The molecule has 20 heavy (non-hydrogen) atoms. The number of esters is 1. The first-order chi connectivity index (χ1) is 9.61. The van der Waals surface area contributed by atoms with Gasteiger partial charge in [-0.3, -0.25) is 4.79 Å². The zero-order chi connectivity index (χ0) is 14.5. The van der Waals surface area contributed by atoms with Crippen LogP contribution >= 0.6 is 11.3 Å². The maximum atomic E-state index is 13.5. The molecule has 0 saturated heterocycles. The molecule has 0 saturated carbocycles. The molecule has 2 rings (SSSR count). The van der Waals surface area contributed by atoms with Gasteiger partial charge in [-0.25, -0.2) is 9.18 Å². The second kappa shape index (κ2) is 6.47. The number of nitrogens with one attached hydrogen (secondary N) is 1. The van der Waals surface area contributed by atoms with E-state index in [4.69, 9.17) is 4.74 Å². The molecule has 6 heteroatoms. The van der Waals surface area contributed by atoms with Crippen molar-refractivity contribution in [3.05, 3.63) is 35.0 Å². The first-order valence-corrected chi connectivity index (χ1v) is 7.05. The summed E-state index contributed by atoms with van der Waals surface area (Å²) < 4.78 is 19.1. The van der Waals surface area contributed by atoms with Crippen LogP contribution in [-0.4, -0.2) is 25.0 Å². The molecule has 0 bridgehead atoms. The van der Waals surface area contributed by atoms with Crippen molar-refractivity contribution in [3.8, 4) is 0 Å². The number of carbonyl (C=O) groups excluding carboxylic acids is 2. The van der Waals surface area contributed by atoms with E-state index in [1.807, 2.05) is 6.92 Å². The van der Waals surface area contributed by atoms with Crippen LogP contribution in [0.25, 0.3) is 10.1 Å². The Labute approximate surface area is 119 Å². The van der Waals surface area contributed by atoms with E-state index in [1.165, 1.54) is 12.1 Å². The fourth-order valence-electron chi connectivity index (χ4n) is 1.64. The van der Waals surface area contributed by atoms with E-state index in [-0.39, 0.29) is 23.2 Å². The number of halogens is 1. The van der Waals surface area contributed by atoms with Crippen LogP contribution in [0.5, 0.6) is 0 Å². The Morgan fingerprint density at radius 1 is 1.40 bits per heavy atom. The van der Waals surface area contributed by atoms with Gasteiger partial charge in [0.25, 0.3) is 5.91 Å². The van der Waals surface area contributed by atoms with Crippen molar-refractivity contribution in [1.82, 2.24) is 5.32 Å². The summed E-state index contributed by atoms with van der Waals surface area (Å²) >= 11 is 1.14. The van der Waals surface area contributed by atoms with Crippen LogP contribution in [0, 0.1) is 5.82 Å². The molecule has 1 amide bonds. The Hall–Kier alpha value is -1.95. The lowest BCUT2D eigenvalue weighted by molar-refractivity contribution is -0.124. The molecule has 0 atom stereocenters. The van der Waals surface area contributed by atoms with Gasteiger partial charge in [0.15, 0.2) is 6.61 Å². The summed E-state index contributed by atoms with van der Waals surface area (Å²) in [4.78, 5) is 23.4. The lowest BCUT2D eigenvalue weighted by Crippen LogP contribution is -2.29. The largest absolute Gasteiger partial charge is 0.451 e. The molecule has 4 nitrogen and oxygen atoms in total. The average Bonchev–Trinajstić information content (AvgIpc) is 2.88. The lowest BCUT2D eigenvalue weighted by Gasteiger charge is -2.03. The van der Waals surface area contributed by atoms with Crippen LogP contribution in [0.3, 0.4) is 0 Å². The van der Waals surface area contributed by atoms with E-state index in [0.717, 1.165) is 17.8 Å². The topological polar surface area (TPSA) is 55.4 Å². The molecule has 1 aromatic carbocycles. The number of fused-ring (bicyclic) bond motifs is 1. The summed E-state index contributed by atoms with van der Waals surface area (Å²) in [5.74, 6) is -1.33. The quantitative estimate of drug-likeness (QED) is 0.863. The third-order valence-electron chi connectivity index (χ3n) is 2.62. The van der Waals surface area contributed by atoms with Crippen LogP contribution in [0.15, 0.2) is 24.3 Å². The Morgan fingerprint density at radius 2 is 2.20 bits per heavy atom. The van der Waals surface area contributed by atoms with Crippen LogP contribution in [0.4, 0.5) is 4.39 Å². The first kappa shape index (κ1) is 14.5. The van der Waals surface area contributed by atoms with E-state index in [2.05, 4.69) is 5.32 Å². The van der Waals surface area contributed by atoms with E-state index in [1.54, 1.807) is 12.1 Å². The molecule has 1 aromatic heterocycles. The van der Waals surface area contributed by atoms with Gasteiger partial charge in [-0.2, -0.15) is 0 Å². The normalized spacial score (nSPS) is 10.5. The van der Waals surface area contributed by atoms with Crippen LogP contribution in [0.1, 0.15) is 23.0 Å². The van der Waals surface area contributed by atoms with Crippen molar-refractivity contribution in [3.63, 3.8) is 0 Å². The highest BCUT2D eigenvalue weighted by Gasteiger charge is 2.14. The van der Waals surface area contributed by atoms with Crippen LogP contribution < -0.4 is 5.32 Å². The van der Waals surface area contributed by atoms with Gasteiger partial charge in [0.1, 0.15) is 10.7 Å². The van der Waals surface area contributed by atoms with Gasteiger partial charge in [0.2, 0.25) is 0 Å². The van der Waals surface area contributed by atoms with Crippen molar-refractivity contribution >= 4 is 33.3 Å². The molecule has 0 aliphatic carbocycles. The third-order valence-corrected chi connectivity index (χ3v) is 3.70. The first-order valence-electron chi connectivity index (χ1n) is 6.23. The molecule has 0 unspecified atom stereocenters. The van der Waals surface area contributed by atoms with E-state index in [9.17, 15) is 14.0 Å². The van der Waals surface area contributed by atoms with E-state index >= 15 is 0 Å². The maximum absolute atomic E-state index is 13.5. The molecule has 0 spiro atoms. The molecular formula is C14H14FNO3S. The van der Waals surface area contributed by atoms with Gasteiger partial charge < -0.3 is 10.1 Å². The molecule has 0 fully saturated rings. The van der Waals surface area contributed by atoms with Crippen LogP contribution in [-0.2, 0) is 9.53 Å². The van der Waals surface area contributed by atoms with Crippen molar-refractivity contribution in [1.29, 1.82) is 0 Å². The summed E-state index contributed by atoms with van der Waals surface area (Å²) in [6, 6.07) is 6.10.